The van der Waals surface area contributed by atoms with Crippen molar-refractivity contribution in [3.8, 4) is 5.75 Å². The third-order valence-corrected chi connectivity index (χ3v) is 4.52. The number of rotatable bonds is 5. The van der Waals surface area contributed by atoms with Crippen molar-refractivity contribution >= 4 is 21.6 Å². The summed E-state index contributed by atoms with van der Waals surface area (Å²) < 4.78 is 32.4. The second-order valence-electron chi connectivity index (χ2n) is 5.06. The Balaban J connectivity index is 2.28. The fourth-order valence-electron chi connectivity index (χ4n) is 1.93. The molecular weight excluding hydrogens is 316 g/mol. The highest BCUT2D eigenvalue weighted by molar-refractivity contribution is 7.92. The van der Waals surface area contributed by atoms with Gasteiger partial charge in [0.25, 0.3) is 15.9 Å². The molecule has 0 bridgehead atoms. The van der Waals surface area contributed by atoms with E-state index < -0.39 is 10.0 Å². The quantitative estimate of drug-likeness (QED) is 0.909. The van der Waals surface area contributed by atoms with Gasteiger partial charge >= 0.3 is 0 Å². The summed E-state index contributed by atoms with van der Waals surface area (Å²) in [6, 6.07) is 12.4. The Morgan fingerprint density at radius 2 is 1.74 bits per heavy atom. The lowest BCUT2D eigenvalue weighted by molar-refractivity contribution is 0.0827. The number of carbonyl (C=O) groups is 1. The standard InChI is InChI=1S/C16H18N2O4S/c1-18(2)16(19)12-5-4-6-15(11-12)23(20,21)17-13-7-9-14(22-3)10-8-13/h4-11,17H,1-3H3. The number of nitrogens with one attached hydrogen (secondary N) is 1. The first-order valence-corrected chi connectivity index (χ1v) is 8.30. The highest BCUT2D eigenvalue weighted by Crippen LogP contribution is 2.20. The SMILES string of the molecule is COc1ccc(NS(=O)(=O)c2cccc(C(=O)N(C)C)c2)cc1. The molecule has 0 heterocycles. The molecule has 6 nitrogen and oxygen atoms in total. The van der Waals surface area contributed by atoms with Gasteiger partial charge in [0.05, 0.1) is 12.0 Å². The molecule has 0 radical (unpaired) electrons. The highest BCUT2D eigenvalue weighted by Gasteiger charge is 2.17. The third kappa shape index (κ3) is 4.01. The van der Waals surface area contributed by atoms with Crippen LogP contribution in [-0.4, -0.2) is 40.4 Å². The van der Waals surface area contributed by atoms with Crippen LogP contribution < -0.4 is 9.46 Å². The molecule has 2 aromatic carbocycles. The van der Waals surface area contributed by atoms with Crippen molar-refractivity contribution in [2.75, 3.05) is 25.9 Å². The van der Waals surface area contributed by atoms with E-state index in [0.717, 1.165) is 0 Å². The fourth-order valence-corrected chi connectivity index (χ4v) is 3.03. The van der Waals surface area contributed by atoms with Gasteiger partial charge in [0.2, 0.25) is 0 Å². The second-order valence-corrected chi connectivity index (χ2v) is 6.74. The van der Waals surface area contributed by atoms with E-state index in [2.05, 4.69) is 4.72 Å². The van der Waals surface area contributed by atoms with Crippen LogP contribution in [0.25, 0.3) is 0 Å². The highest BCUT2D eigenvalue weighted by atomic mass is 32.2. The Kier molecular flexibility index (Phi) is 4.90. The molecule has 7 heteroatoms. The smallest absolute Gasteiger partial charge is 0.261 e. The van der Waals surface area contributed by atoms with Crippen LogP contribution in [0.1, 0.15) is 10.4 Å². The summed E-state index contributed by atoms with van der Waals surface area (Å²) in [5, 5.41) is 0. The van der Waals surface area contributed by atoms with E-state index in [0.29, 0.717) is 17.0 Å². The Hall–Kier alpha value is -2.54. The second kappa shape index (κ2) is 6.70. The first-order valence-electron chi connectivity index (χ1n) is 6.82. The summed E-state index contributed by atoms with van der Waals surface area (Å²) in [7, 11) is 0.978. The number of ether oxygens (including phenoxy) is 1. The van der Waals surface area contributed by atoms with E-state index in [1.54, 1.807) is 50.5 Å². The zero-order valence-corrected chi connectivity index (χ0v) is 13.9. The molecule has 2 rings (SSSR count). The molecule has 1 amide bonds. The van der Waals surface area contributed by atoms with Crippen molar-refractivity contribution < 1.29 is 17.9 Å². The zero-order chi connectivity index (χ0) is 17.0. The minimum atomic E-state index is -3.78. The lowest BCUT2D eigenvalue weighted by Gasteiger charge is -2.12. The summed E-state index contributed by atoms with van der Waals surface area (Å²) in [6.45, 7) is 0. The van der Waals surface area contributed by atoms with Gasteiger partial charge in [0.15, 0.2) is 0 Å². The van der Waals surface area contributed by atoms with Gasteiger partial charge in [-0.3, -0.25) is 9.52 Å². The number of amides is 1. The number of hydrogen-bond acceptors (Lipinski definition) is 4. The van der Waals surface area contributed by atoms with Crippen LogP contribution in [0.4, 0.5) is 5.69 Å². The molecular formula is C16H18N2O4S. The molecule has 122 valence electrons. The molecule has 2 aromatic rings. The number of anilines is 1. The Morgan fingerprint density at radius 3 is 2.30 bits per heavy atom. The molecule has 0 aliphatic carbocycles. The summed E-state index contributed by atoms with van der Waals surface area (Å²) >= 11 is 0. The molecule has 0 saturated carbocycles. The van der Waals surface area contributed by atoms with E-state index in [-0.39, 0.29) is 10.8 Å². The maximum atomic E-state index is 12.4. The van der Waals surface area contributed by atoms with Crippen molar-refractivity contribution in [1.29, 1.82) is 0 Å². The maximum absolute atomic E-state index is 12.4. The van der Waals surface area contributed by atoms with Gasteiger partial charge in [0.1, 0.15) is 5.75 Å². The van der Waals surface area contributed by atoms with Gasteiger partial charge in [-0.1, -0.05) is 6.07 Å². The Labute approximate surface area is 135 Å². The van der Waals surface area contributed by atoms with Crippen LogP contribution in [0.2, 0.25) is 0 Å². The van der Waals surface area contributed by atoms with Crippen molar-refractivity contribution in [3.63, 3.8) is 0 Å². The number of carbonyl (C=O) groups excluding carboxylic acids is 1. The van der Waals surface area contributed by atoms with Gasteiger partial charge in [-0.2, -0.15) is 0 Å². The van der Waals surface area contributed by atoms with E-state index >= 15 is 0 Å². The molecule has 0 unspecified atom stereocenters. The number of benzene rings is 2. The first-order chi connectivity index (χ1) is 10.8. The van der Waals surface area contributed by atoms with Crippen molar-refractivity contribution in [2.45, 2.75) is 4.90 Å². The van der Waals surface area contributed by atoms with Gasteiger partial charge in [-0.15, -0.1) is 0 Å². The zero-order valence-electron chi connectivity index (χ0n) is 13.1. The molecule has 0 aliphatic heterocycles. The minimum absolute atomic E-state index is 0.0287. The minimum Gasteiger partial charge on any atom is -0.497 e. The Bertz CT molecular complexity index is 799. The molecule has 0 aromatic heterocycles. The van der Waals surface area contributed by atoms with Crippen LogP contribution in [0.3, 0.4) is 0 Å². The molecule has 0 fully saturated rings. The average Bonchev–Trinajstić information content (AvgIpc) is 2.54. The van der Waals surface area contributed by atoms with Crippen molar-refractivity contribution in [3.05, 3.63) is 54.1 Å². The van der Waals surface area contributed by atoms with Gasteiger partial charge in [-0.05, 0) is 42.5 Å². The monoisotopic (exact) mass is 334 g/mol. The molecule has 0 aliphatic rings. The first kappa shape index (κ1) is 16.8. The number of sulfonamides is 1. The van der Waals surface area contributed by atoms with Gasteiger partial charge < -0.3 is 9.64 Å². The largest absolute Gasteiger partial charge is 0.497 e. The normalized spacial score (nSPS) is 10.9. The summed E-state index contributed by atoms with van der Waals surface area (Å²) in [4.78, 5) is 13.4. The van der Waals surface area contributed by atoms with Crippen molar-refractivity contribution in [1.82, 2.24) is 4.90 Å². The molecule has 0 atom stereocenters. The topological polar surface area (TPSA) is 75.7 Å². The average molecular weight is 334 g/mol. The summed E-state index contributed by atoms with van der Waals surface area (Å²) in [5.41, 5.74) is 0.725. The van der Waals surface area contributed by atoms with E-state index in [1.807, 2.05) is 0 Å². The van der Waals surface area contributed by atoms with Gasteiger partial charge in [0, 0.05) is 25.3 Å². The lowest BCUT2D eigenvalue weighted by Crippen LogP contribution is -2.22. The maximum Gasteiger partial charge on any atom is 0.261 e. The predicted octanol–water partition coefficient (Wildman–Crippen LogP) is 2.20. The molecule has 0 spiro atoms. The lowest BCUT2D eigenvalue weighted by atomic mass is 10.2. The number of nitrogens with zero attached hydrogens (tertiary/aromatic N) is 1. The van der Waals surface area contributed by atoms with Crippen LogP contribution in [-0.2, 0) is 10.0 Å². The molecule has 0 saturated heterocycles. The van der Waals surface area contributed by atoms with Crippen molar-refractivity contribution in [2.24, 2.45) is 0 Å². The van der Waals surface area contributed by atoms with Crippen LogP contribution in [0.15, 0.2) is 53.4 Å². The van der Waals surface area contributed by atoms with Crippen LogP contribution in [0, 0.1) is 0 Å². The predicted molar refractivity (Wildman–Crippen MR) is 88.3 cm³/mol. The third-order valence-electron chi connectivity index (χ3n) is 3.14. The van der Waals surface area contributed by atoms with E-state index in [1.165, 1.54) is 24.1 Å². The summed E-state index contributed by atoms with van der Waals surface area (Å²) in [5.74, 6) is 0.373. The van der Waals surface area contributed by atoms with E-state index in [4.69, 9.17) is 4.74 Å². The van der Waals surface area contributed by atoms with E-state index in [9.17, 15) is 13.2 Å². The molecule has 1 N–H and O–H groups in total. The summed E-state index contributed by atoms with van der Waals surface area (Å²) in [6.07, 6.45) is 0. The van der Waals surface area contributed by atoms with Gasteiger partial charge in [-0.25, -0.2) is 8.42 Å². The Morgan fingerprint density at radius 1 is 1.09 bits per heavy atom. The fraction of sp³-hybridized carbons (Fsp3) is 0.188. The van der Waals surface area contributed by atoms with Crippen LogP contribution in [0.5, 0.6) is 5.75 Å². The van der Waals surface area contributed by atoms with Crippen LogP contribution >= 0.6 is 0 Å². The molecule has 23 heavy (non-hydrogen) atoms. The number of hydrogen-bond donors (Lipinski definition) is 1. The number of methoxy groups -OCH3 is 1.